The third kappa shape index (κ3) is 15.2. The summed E-state index contributed by atoms with van der Waals surface area (Å²) in [5, 5.41) is 10.0. The molecule has 0 radical (unpaired) electrons. The molecule has 0 bridgehead atoms. The van der Waals surface area contributed by atoms with E-state index in [1.165, 1.54) is 19.6 Å². The van der Waals surface area contributed by atoms with Crippen molar-refractivity contribution in [1.82, 2.24) is 0 Å². The normalized spacial score (nSPS) is 28.0. The second-order valence-corrected chi connectivity index (χ2v) is 25.8. The number of carbonyl (C=O) groups excluding carboxylic acids is 4. The molecule has 12 nitrogen and oxygen atoms in total. The van der Waals surface area contributed by atoms with Crippen molar-refractivity contribution in [3.8, 4) is 23.7 Å². The number of Topliss-reactive ketones (excluding diaryl/α,β-unsaturated/α-hetero) is 1. The Balaban J connectivity index is 0.000000191. The second kappa shape index (κ2) is 26.4. The standard InChI is InChI=1S/C29H36F3NO5S.C26H30F3NO4S.C5H10O/c1-18-2-4-19(5-3-18)26(34)33(20-6-8-21(9-7-20)38-22-11-15-37-17-22)24-16-23(39-25(24)27(35)36)10-12-28(13-14-28)29(30,31)32;1-16-3-5-17(6-4-16)23(32)30(18-7-9-19(31)10-8-18)21-15-20(35-22(21)24(33)34-2)11-12-25(13-14-25)26(27,28)29;1-5-2-3-6-4-5/h16,18-22H,2-9,11,13-15,17H2,1H3,(H,35,36);15-18H,3-10,13-14H2,1-2H3;5H,2-4H2,1H3/t;;5-/m..0/s1. The molecule has 440 valence electrons. The third-order valence-electron chi connectivity index (χ3n) is 17.5. The van der Waals surface area contributed by atoms with Crippen LogP contribution in [0.25, 0.3) is 0 Å². The average Bonchev–Trinajstić information content (AvgIpc) is 4.18. The van der Waals surface area contributed by atoms with Gasteiger partial charge in [-0.05, 0) is 158 Å². The van der Waals surface area contributed by atoms with Gasteiger partial charge in [0.25, 0.3) is 0 Å². The van der Waals surface area contributed by atoms with E-state index in [1.807, 2.05) is 0 Å². The van der Waals surface area contributed by atoms with Gasteiger partial charge in [0.1, 0.15) is 26.4 Å². The number of ketones is 1. The molecule has 6 aliphatic carbocycles. The highest BCUT2D eigenvalue weighted by molar-refractivity contribution is 7.15. The number of anilines is 2. The first-order chi connectivity index (χ1) is 38.0. The van der Waals surface area contributed by atoms with Crippen molar-refractivity contribution >= 4 is 63.6 Å². The number of rotatable bonds is 10. The number of thiophene rings is 2. The number of hydrogen-bond acceptors (Lipinski definition) is 11. The second-order valence-electron chi connectivity index (χ2n) is 23.7. The number of carboxylic acids is 1. The summed E-state index contributed by atoms with van der Waals surface area (Å²) in [5.74, 6) is 9.67. The molecule has 10 rings (SSSR count). The summed E-state index contributed by atoms with van der Waals surface area (Å²) in [5.41, 5.74) is -3.38. The van der Waals surface area contributed by atoms with Crippen LogP contribution in [0, 0.1) is 64.1 Å². The highest BCUT2D eigenvalue weighted by Crippen LogP contribution is 2.58. The van der Waals surface area contributed by atoms with E-state index >= 15 is 0 Å². The van der Waals surface area contributed by atoms with Crippen molar-refractivity contribution in [2.24, 2.45) is 40.4 Å². The molecule has 80 heavy (non-hydrogen) atoms. The first-order valence-corrected chi connectivity index (χ1v) is 30.4. The van der Waals surface area contributed by atoms with Crippen molar-refractivity contribution in [3.63, 3.8) is 0 Å². The van der Waals surface area contributed by atoms with Crippen molar-refractivity contribution in [2.75, 3.05) is 43.3 Å². The highest BCUT2D eigenvalue weighted by Gasteiger charge is 2.63. The molecule has 6 saturated carbocycles. The average molecular weight is 1160 g/mol. The van der Waals surface area contributed by atoms with Gasteiger partial charge < -0.3 is 33.9 Å². The zero-order chi connectivity index (χ0) is 57.6. The minimum atomic E-state index is -4.42. The monoisotopic (exact) mass is 1160 g/mol. The fraction of sp³-hybridized carbons (Fsp3) is 0.717. The summed E-state index contributed by atoms with van der Waals surface area (Å²) >= 11 is 1.80. The smallest absolute Gasteiger partial charge is 0.405 e. The van der Waals surface area contributed by atoms with Crippen LogP contribution in [-0.2, 0) is 33.3 Å². The van der Waals surface area contributed by atoms with E-state index in [-0.39, 0.29) is 105 Å². The molecule has 2 aromatic heterocycles. The number of alkyl halides is 6. The molecule has 2 amide bonds. The quantitative estimate of drug-likeness (QED) is 0.138. The van der Waals surface area contributed by atoms with Gasteiger partial charge in [-0.2, -0.15) is 26.3 Å². The van der Waals surface area contributed by atoms with Crippen LogP contribution in [0.15, 0.2) is 12.1 Å². The topological polar surface area (TPSA) is 149 Å². The number of carbonyl (C=O) groups is 5. The molecule has 8 fully saturated rings. The molecule has 20 heteroatoms. The number of hydrogen-bond donors (Lipinski definition) is 1. The van der Waals surface area contributed by atoms with Crippen LogP contribution in [0.4, 0.5) is 37.7 Å². The Kier molecular flexibility index (Phi) is 20.3. The Morgan fingerprint density at radius 3 is 1.44 bits per heavy atom. The predicted octanol–water partition coefficient (Wildman–Crippen LogP) is 13.4. The van der Waals surface area contributed by atoms with Crippen molar-refractivity contribution in [2.45, 2.75) is 199 Å². The Morgan fingerprint density at radius 2 is 1.05 bits per heavy atom. The molecule has 1 unspecified atom stereocenters. The lowest BCUT2D eigenvalue weighted by atomic mass is 9.81. The SMILES string of the molecule is CC1CCC(C(=O)N(c2cc(C#CC3(C(F)(F)F)CC3)sc2C(=O)O)C2CCC(OC3CCOC3)CC2)CC1.COC(=O)c1sc(C#CC2(C(F)(F)F)CC2)cc1N(C(=O)C1CCC(C)CC1)C1CCC(=O)CC1.C[C@H]1CCOC1. The molecular weight excluding hydrogens is 1090 g/mol. The van der Waals surface area contributed by atoms with Gasteiger partial charge in [-0.25, -0.2) is 9.59 Å². The lowest BCUT2D eigenvalue weighted by molar-refractivity contribution is -0.169. The lowest BCUT2D eigenvalue weighted by Gasteiger charge is -2.39. The van der Waals surface area contributed by atoms with E-state index < -0.39 is 35.1 Å². The summed E-state index contributed by atoms with van der Waals surface area (Å²) in [6.45, 7) is 9.83. The van der Waals surface area contributed by atoms with Gasteiger partial charge in [-0.15, -0.1) is 22.7 Å². The number of carboxylic acid groups (broad SMARTS) is 1. The molecular formula is C60H76F6N2O10S2. The van der Waals surface area contributed by atoms with E-state index in [2.05, 4.69) is 44.5 Å². The van der Waals surface area contributed by atoms with Gasteiger partial charge in [-0.3, -0.25) is 14.4 Å². The van der Waals surface area contributed by atoms with Crippen molar-refractivity contribution in [1.29, 1.82) is 0 Å². The van der Waals surface area contributed by atoms with Crippen LogP contribution in [0.3, 0.4) is 0 Å². The fourth-order valence-corrected chi connectivity index (χ4v) is 13.5. The lowest BCUT2D eigenvalue weighted by Crippen LogP contribution is -2.47. The molecule has 0 aromatic carbocycles. The Bertz CT molecular complexity index is 2630. The number of ether oxygens (including phenoxy) is 4. The van der Waals surface area contributed by atoms with Gasteiger partial charge >= 0.3 is 24.3 Å². The van der Waals surface area contributed by atoms with Gasteiger partial charge in [0.05, 0.1) is 47.1 Å². The number of esters is 1. The zero-order valence-electron chi connectivity index (χ0n) is 46.3. The van der Waals surface area contributed by atoms with Crippen molar-refractivity contribution < 1.29 is 74.4 Å². The highest BCUT2D eigenvalue weighted by atomic mass is 32.1. The summed E-state index contributed by atoms with van der Waals surface area (Å²) in [6, 6.07) is 2.62. The molecule has 2 saturated heterocycles. The number of methoxy groups -OCH3 is 1. The third-order valence-corrected chi connectivity index (χ3v) is 19.5. The summed E-state index contributed by atoms with van der Waals surface area (Å²) < 4.78 is 102. The molecule has 2 aromatic rings. The molecule has 4 heterocycles. The number of nitrogens with zero attached hydrogens (tertiary/aromatic N) is 2. The van der Waals surface area contributed by atoms with Crippen LogP contribution >= 0.6 is 22.7 Å². The van der Waals surface area contributed by atoms with E-state index in [1.54, 1.807) is 15.9 Å². The summed E-state index contributed by atoms with van der Waals surface area (Å²) in [4.78, 5) is 68.6. The van der Waals surface area contributed by atoms with Crippen LogP contribution in [0.1, 0.15) is 191 Å². The first kappa shape index (κ1) is 61.6. The Hall–Kier alpha value is -4.47. The van der Waals surface area contributed by atoms with Gasteiger partial charge in [-0.1, -0.05) is 44.5 Å². The number of aromatic carboxylic acids is 1. The molecule has 0 spiro atoms. The van der Waals surface area contributed by atoms with E-state index in [9.17, 15) is 55.4 Å². The van der Waals surface area contributed by atoms with Crippen LogP contribution < -0.4 is 9.80 Å². The van der Waals surface area contributed by atoms with E-state index in [0.717, 1.165) is 112 Å². The van der Waals surface area contributed by atoms with Gasteiger partial charge in [0.15, 0.2) is 0 Å². The molecule has 8 aliphatic rings. The largest absolute Gasteiger partial charge is 0.477 e. The van der Waals surface area contributed by atoms with Crippen molar-refractivity contribution in [3.05, 3.63) is 31.6 Å². The minimum Gasteiger partial charge on any atom is -0.477 e. The predicted molar refractivity (Wildman–Crippen MR) is 292 cm³/mol. The maximum Gasteiger partial charge on any atom is 0.405 e. The maximum absolute atomic E-state index is 14.0. The fourth-order valence-electron chi connectivity index (χ4n) is 11.8. The number of halogens is 6. The van der Waals surface area contributed by atoms with E-state index in [4.69, 9.17) is 18.9 Å². The van der Waals surface area contributed by atoms with Crippen LogP contribution in [0.5, 0.6) is 0 Å². The zero-order valence-corrected chi connectivity index (χ0v) is 48.0. The van der Waals surface area contributed by atoms with Crippen LogP contribution in [-0.4, -0.2) is 105 Å². The summed E-state index contributed by atoms with van der Waals surface area (Å²) in [6.07, 6.45) is 4.63. The Labute approximate surface area is 473 Å². The summed E-state index contributed by atoms with van der Waals surface area (Å²) in [7, 11) is 1.23. The van der Waals surface area contributed by atoms with Gasteiger partial charge in [0, 0.05) is 56.6 Å². The minimum absolute atomic E-state index is 0.0353. The van der Waals surface area contributed by atoms with Crippen LogP contribution in [0.2, 0.25) is 0 Å². The number of amides is 2. The molecule has 1 N–H and O–H groups in total. The molecule has 2 atom stereocenters. The first-order valence-electron chi connectivity index (χ1n) is 28.8. The Morgan fingerprint density at radius 1 is 0.600 bits per heavy atom. The van der Waals surface area contributed by atoms with Gasteiger partial charge in [0.2, 0.25) is 11.8 Å². The molecule has 2 aliphatic heterocycles. The van der Waals surface area contributed by atoms with E-state index in [0.29, 0.717) is 69.3 Å². The maximum atomic E-state index is 14.0.